The number of piperidine rings is 1. The van der Waals surface area contributed by atoms with E-state index in [9.17, 15) is 8.42 Å². The summed E-state index contributed by atoms with van der Waals surface area (Å²) in [5, 5.41) is 0. The summed E-state index contributed by atoms with van der Waals surface area (Å²) < 4.78 is 27.3. The summed E-state index contributed by atoms with van der Waals surface area (Å²) in [5.41, 5.74) is 0. The maximum absolute atomic E-state index is 11.6. The van der Waals surface area contributed by atoms with Crippen LogP contribution >= 0.6 is 34.8 Å². The van der Waals surface area contributed by atoms with E-state index >= 15 is 0 Å². The Labute approximate surface area is 105 Å². The van der Waals surface area contributed by atoms with Crippen molar-refractivity contribution < 1.29 is 12.6 Å². The first kappa shape index (κ1) is 13.8. The molecule has 0 bridgehead atoms. The normalized spacial score (nSPS) is 20.5. The molecule has 0 aliphatic carbocycles. The summed E-state index contributed by atoms with van der Waals surface area (Å²) in [6, 6.07) is 0. The zero-order valence-corrected chi connectivity index (χ0v) is 11.0. The van der Waals surface area contributed by atoms with Gasteiger partial charge in [-0.25, -0.2) is 0 Å². The molecule has 1 saturated heterocycles. The van der Waals surface area contributed by atoms with Crippen LogP contribution in [0, 0.1) is 0 Å². The molecule has 4 nitrogen and oxygen atoms in total. The third-order valence-electron chi connectivity index (χ3n) is 2.00. The minimum Gasteiger partial charge on any atom is -0.253 e. The first-order valence-corrected chi connectivity index (χ1v) is 7.02. The van der Waals surface area contributed by atoms with Crippen LogP contribution in [0.4, 0.5) is 0 Å². The van der Waals surface area contributed by atoms with Gasteiger partial charge in [0.2, 0.25) is 3.79 Å². The Morgan fingerprint density at radius 1 is 1.13 bits per heavy atom. The first-order chi connectivity index (χ1) is 6.81. The van der Waals surface area contributed by atoms with Crippen molar-refractivity contribution in [3.63, 3.8) is 0 Å². The maximum Gasteiger partial charge on any atom is 0.338 e. The van der Waals surface area contributed by atoms with E-state index in [-0.39, 0.29) is 0 Å². The topological polar surface area (TPSA) is 46.6 Å². The molecular formula is C7H12Cl3NO3S. The second kappa shape index (κ2) is 5.38. The van der Waals surface area contributed by atoms with Crippen molar-refractivity contribution >= 4 is 45.1 Å². The van der Waals surface area contributed by atoms with Crippen molar-refractivity contribution in [1.29, 1.82) is 0 Å². The lowest BCUT2D eigenvalue weighted by molar-refractivity contribution is 0.253. The minimum atomic E-state index is -3.74. The average molecular weight is 297 g/mol. The highest BCUT2D eigenvalue weighted by molar-refractivity contribution is 7.84. The maximum atomic E-state index is 11.6. The van der Waals surface area contributed by atoms with E-state index in [4.69, 9.17) is 34.8 Å². The Morgan fingerprint density at radius 3 is 2.13 bits per heavy atom. The van der Waals surface area contributed by atoms with Crippen molar-refractivity contribution in [2.45, 2.75) is 23.1 Å². The van der Waals surface area contributed by atoms with Gasteiger partial charge in [-0.05, 0) is 12.8 Å². The predicted octanol–water partition coefficient (Wildman–Crippen LogP) is 2.10. The molecule has 1 aliphatic heterocycles. The van der Waals surface area contributed by atoms with Gasteiger partial charge in [0.05, 0.1) is 0 Å². The Morgan fingerprint density at radius 2 is 1.67 bits per heavy atom. The average Bonchev–Trinajstić information content (AvgIpc) is 2.16. The molecule has 1 aliphatic rings. The Bertz CT molecular complexity index is 295. The molecule has 0 N–H and O–H groups in total. The number of alkyl halides is 3. The van der Waals surface area contributed by atoms with Crippen LogP contribution in [0.2, 0.25) is 0 Å². The second-order valence-electron chi connectivity index (χ2n) is 3.29. The highest BCUT2D eigenvalue weighted by Gasteiger charge is 2.29. The third-order valence-corrected chi connectivity index (χ3v) is 3.74. The molecule has 0 aromatic heterocycles. The molecule has 0 amide bonds. The summed E-state index contributed by atoms with van der Waals surface area (Å²) in [5.74, 6) is 0. The van der Waals surface area contributed by atoms with Crippen LogP contribution in [0.1, 0.15) is 19.3 Å². The monoisotopic (exact) mass is 295 g/mol. The van der Waals surface area contributed by atoms with Gasteiger partial charge >= 0.3 is 10.3 Å². The molecule has 90 valence electrons. The molecule has 0 atom stereocenters. The van der Waals surface area contributed by atoms with Crippen LogP contribution in [0.5, 0.6) is 0 Å². The number of hydrogen-bond donors (Lipinski definition) is 0. The predicted molar refractivity (Wildman–Crippen MR) is 60.6 cm³/mol. The molecule has 8 heteroatoms. The Balaban J connectivity index is 2.51. The first-order valence-electron chi connectivity index (χ1n) is 4.52. The van der Waals surface area contributed by atoms with E-state index in [0.717, 1.165) is 19.3 Å². The number of hydrogen-bond acceptors (Lipinski definition) is 3. The van der Waals surface area contributed by atoms with E-state index in [1.165, 1.54) is 4.31 Å². The lowest BCUT2D eigenvalue weighted by atomic mass is 10.2. The fraction of sp³-hybridized carbons (Fsp3) is 1.00. The Kier molecular flexibility index (Phi) is 4.95. The smallest absolute Gasteiger partial charge is 0.253 e. The van der Waals surface area contributed by atoms with Gasteiger partial charge in [-0.1, -0.05) is 41.2 Å². The molecule has 15 heavy (non-hydrogen) atoms. The fourth-order valence-electron chi connectivity index (χ4n) is 1.30. The van der Waals surface area contributed by atoms with Crippen LogP contribution in [0.25, 0.3) is 0 Å². The highest BCUT2D eigenvalue weighted by atomic mass is 35.6. The molecule has 0 radical (unpaired) electrons. The lowest BCUT2D eigenvalue weighted by Gasteiger charge is -2.25. The summed E-state index contributed by atoms with van der Waals surface area (Å²) in [7, 11) is -3.74. The van der Waals surface area contributed by atoms with Gasteiger partial charge in [0.1, 0.15) is 6.61 Å². The summed E-state index contributed by atoms with van der Waals surface area (Å²) in [6.45, 7) is 0.487. The van der Waals surface area contributed by atoms with Gasteiger partial charge in [-0.3, -0.25) is 4.18 Å². The second-order valence-corrected chi connectivity index (χ2v) is 7.42. The summed E-state index contributed by atoms with van der Waals surface area (Å²) in [4.78, 5) is 0. The van der Waals surface area contributed by atoms with Crippen molar-refractivity contribution in [2.75, 3.05) is 19.7 Å². The van der Waals surface area contributed by atoms with Crippen molar-refractivity contribution in [3.8, 4) is 0 Å². The van der Waals surface area contributed by atoms with E-state index in [1.807, 2.05) is 0 Å². The van der Waals surface area contributed by atoms with Crippen molar-refractivity contribution in [1.82, 2.24) is 4.31 Å². The van der Waals surface area contributed by atoms with Crippen LogP contribution in [-0.4, -0.2) is 36.2 Å². The number of nitrogens with zero attached hydrogens (tertiary/aromatic N) is 1. The van der Waals surface area contributed by atoms with Crippen LogP contribution in [0.3, 0.4) is 0 Å². The van der Waals surface area contributed by atoms with Gasteiger partial charge in [0.25, 0.3) is 0 Å². The number of halogens is 3. The fourth-order valence-corrected chi connectivity index (χ4v) is 2.84. The van der Waals surface area contributed by atoms with E-state index in [1.54, 1.807) is 0 Å². The largest absolute Gasteiger partial charge is 0.338 e. The van der Waals surface area contributed by atoms with Gasteiger partial charge in [0, 0.05) is 13.1 Å². The van der Waals surface area contributed by atoms with Crippen LogP contribution in [0.15, 0.2) is 0 Å². The molecule has 1 heterocycles. The van der Waals surface area contributed by atoms with E-state index in [2.05, 4.69) is 4.18 Å². The SMILES string of the molecule is O=S(=O)(OCC(Cl)(Cl)Cl)N1CCCCC1. The summed E-state index contributed by atoms with van der Waals surface area (Å²) in [6.07, 6.45) is 2.73. The molecule has 1 fully saturated rings. The minimum absolute atomic E-state index is 0.462. The molecule has 0 spiro atoms. The Hall–Kier alpha value is 0.740. The van der Waals surface area contributed by atoms with Crippen molar-refractivity contribution in [3.05, 3.63) is 0 Å². The molecular weight excluding hydrogens is 285 g/mol. The lowest BCUT2D eigenvalue weighted by Crippen LogP contribution is -2.38. The quantitative estimate of drug-likeness (QED) is 0.749. The molecule has 0 aromatic carbocycles. The van der Waals surface area contributed by atoms with E-state index in [0.29, 0.717) is 13.1 Å². The van der Waals surface area contributed by atoms with Gasteiger partial charge < -0.3 is 0 Å². The van der Waals surface area contributed by atoms with Gasteiger partial charge in [-0.15, -0.1) is 0 Å². The zero-order chi connectivity index (χ0) is 11.5. The third kappa shape index (κ3) is 5.06. The standard InChI is InChI=1S/C7H12Cl3NO3S/c8-7(9,10)6-14-15(12,13)11-4-2-1-3-5-11/h1-6H2. The highest BCUT2D eigenvalue weighted by Crippen LogP contribution is 2.27. The molecule has 0 unspecified atom stereocenters. The van der Waals surface area contributed by atoms with Crippen molar-refractivity contribution in [2.24, 2.45) is 0 Å². The van der Waals surface area contributed by atoms with Crippen LogP contribution < -0.4 is 0 Å². The summed E-state index contributed by atoms with van der Waals surface area (Å²) >= 11 is 16.2. The molecule has 0 aromatic rings. The van der Waals surface area contributed by atoms with Gasteiger partial charge in [0.15, 0.2) is 0 Å². The van der Waals surface area contributed by atoms with Crippen LogP contribution in [-0.2, 0) is 14.5 Å². The molecule has 1 rings (SSSR count). The van der Waals surface area contributed by atoms with Gasteiger partial charge in [-0.2, -0.15) is 12.7 Å². The molecule has 0 saturated carbocycles. The zero-order valence-electron chi connectivity index (χ0n) is 7.96. The number of rotatable bonds is 3. The van der Waals surface area contributed by atoms with E-state index < -0.39 is 20.7 Å².